The minimum atomic E-state index is -3.35. The second-order valence-corrected chi connectivity index (χ2v) is 15.0. The van der Waals surface area contributed by atoms with Crippen LogP contribution in [0.4, 0.5) is 5.13 Å². The van der Waals surface area contributed by atoms with E-state index in [1.807, 2.05) is 4.90 Å². The van der Waals surface area contributed by atoms with Crippen LogP contribution in [0.3, 0.4) is 0 Å². The molecule has 5 rings (SSSR count). The number of nitrogens with one attached hydrogen (secondary N) is 1. The molecule has 1 atom stereocenters. The quantitative estimate of drug-likeness (QED) is 0.351. The van der Waals surface area contributed by atoms with E-state index in [1.54, 1.807) is 18.3 Å². The minimum Gasteiger partial charge on any atom is -0.389 e. The van der Waals surface area contributed by atoms with Crippen molar-refractivity contribution in [2.75, 3.05) is 43.1 Å². The van der Waals surface area contributed by atoms with Crippen LogP contribution in [0.2, 0.25) is 0 Å². The van der Waals surface area contributed by atoms with Crippen molar-refractivity contribution >= 4 is 47.8 Å². The Morgan fingerprint density at radius 1 is 1.19 bits per heavy atom. The first kappa shape index (κ1) is 26.2. The van der Waals surface area contributed by atoms with Crippen molar-refractivity contribution in [3.05, 3.63) is 40.9 Å². The Labute approximate surface area is 219 Å². The first-order valence-corrected chi connectivity index (χ1v) is 16.2. The lowest BCUT2D eigenvalue weighted by atomic mass is 10.1. The third-order valence-electron chi connectivity index (χ3n) is 6.41. The Balaban J connectivity index is 1.29. The van der Waals surface area contributed by atoms with E-state index >= 15 is 0 Å². The number of thiazole rings is 1. The van der Waals surface area contributed by atoms with Gasteiger partial charge in [-0.05, 0) is 25.0 Å². The first-order chi connectivity index (χ1) is 17.7. The lowest BCUT2D eigenvalue weighted by molar-refractivity contribution is -0.110. The van der Waals surface area contributed by atoms with Crippen LogP contribution in [0.25, 0.3) is 0 Å². The third kappa shape index (κ3) is 6.55. The fraction of sp³-hybridized carbons (Fsp3) is 0.522. The molecule has 1 N–H and O–H groups in total. The van der Waals surface area contributed by atoms with Crippen molar-refractivity contribution in [2.45, 2.75) is 42.1 Å². The van der Waals surface area contributed by atoms with Gasteiger partial charge in [-0.15, -0.1) is 11.3 Å². The van der Waals surface area contributed by atoms with E-state index in [2.05, 4.69) is 15.5 Å². The fourth-order valence-electron chi connectivity index (χ4n) is 4.05. The van der Waals surface area contributed by atoms with Crippen molar-refractivity contribution in [3.8, 4) is 0 Å². The number of aromatic nitrogens is 1. The van der Waals surface area contributed by atoms with Crippen LogP contribution < -0.4 is 5.32 Å². The molecule has 0 unspecified atom stereocenters. The molecule has 1 aliphatic carbocycles. The molecule has 1 aromatic carbocycles. The molecule has 200 valence electrons. The largest absolute Gasteiger partial charge is 0.389 e. The van der Waals surface area contributed by atoms with Gasteiger partial charge in [0.1, 0.15) is 0 Å². The van der Waals surface area contributed by atoms with Crippen molar-refractivity contribution < 1.29 is 31.2 Å². The van der Waals surface area contributed by atoms with E-state index in [0.717, 1.165) is 4.88 Å². The van der Waals surface area contributed by atoms with Crippen LogP contribution in [-0.4, -0.2) is 87.5 Å². The monoisotopic (exact) mass is 568 g/mol. The summed E-state index contributed by atoms with van der Waals surface area (Å²) in [6.45, 7) is 2.41. The van der Waals surface area contributed by atoms with Gasteiger partial charge in [-0.2, -0.15) is 0 Å². The van der Waals surface area contributed by atoms with Gasteiger partial charge < -0.3 is 9.57 Å². The number of carbonyl (C=O) groups is 1. The van der Waals surface area contributed by atoms with Crippen LogP contribution in [0.1, 0.15) is 29.7 Å². The Kier molecular flexibility index (Phi) is 7.63. The number of amides is 1. The molecular formula is C23H28N4O7S3. The van der Waals surface area contributed by atoms with E-state index in [0.29, 0.717) is 62.8 Å². The molecule has 0 bridgehead atoms. The lowest BCUT2D eigenvalue weighted by Gasteiger charge is -2.25. The Morgan fingerprint density at radius 2 is 1.92 bits per heavy atom. The maximum atomic E-state index is 13.2. The molecule has 1 saturated carbocycles. The molecule has 14 heteroatoms. The van der Waals surface area contributed by atoms with Gasteiger partial charge in [-0.1, -0.05) is 17.3 Å². The molecule has 3 heterocycles. The highest BCUT2D eigenvalue weighted by Crippen LogP contribution is 2.33. The molecule has 2 saturated heterocycles. The topological polar surface area (TPSA) is 144 Å². The lowest BCUT2D eigenvalue weighted by Crippen LogP contribution is -2.39. The SMILES string of the molecule is O=C(Nc1ncc(CN2CCS(=O)(=O)CC2)s1)C(=NO[C@@H]1CCOC1)c1ccc(S(=O)(=O)C2CC2)cc1. The molecule has 0 radical (unpaired) electrons. The van der Waals surface area contributed by atoms with E-state index in [-0.39, 0.29) is 33.5 Å². The highest BCUT2D eigenvalue weighted by Gasteiger charge is 2.37. The summed E-state index contributed by atoms with van der Waals surface area (Å²) >= 11 is 1.30. The van der Waals surface area contributed by atoms with Gasteiger partial charge in [0.2, 0.25) is 0 Å². The van der Waals surface area contributed by atoms with Gasteiger partial charge in [0.05, 0.1) is 34.9 Å². The Hall–Kier alpha value is -2.39. The summed E-state index contributed by atoms with van der Waals surface area (Å²) in [6, 6.07) is 6.09. The summed E-state index contributed by atoms with van der Waals surface area (Å²) in [4.78, 5) is 26.2. The molecule has 3 fully saturated rings. The number of hydrogen-bond acceptors (Lipinski definition) is 11. The zero-order valence-corrected chi connectivity index (χ0v) is 22.5. The van der Waals surface area contributed by atoms with Crippen molar-refractivity contribution in [3.63, 3.8) is 0 Å². The number of nitrogens with zero attached hydrogens (tertiary/aromatic N) is 3. The molecule has 11 nitrogen and oxygen atoms in total. The number of ether oxygens (including phenoxy) is 1. The second kappa shape index (κ2) is 10.8. The highest BCUT2D eigenvalue weighted by molar-refractivity contribution is 7.92. The second-order valence-electron chi connectivity index (χ2n) is 9.31. The highest BCUT2D eigenvalue weighted by atomic mass is 32.2. The Morgan fingerprint density at radius 3 is 2.57 bits per heavy atom. The maximum absolute atomic E-state index is 13.2. The standard InChI is InChI=1S/C23H28N4O7S3/c28-22(25-23-24-13-18(35-23)14-27-8-11-36(29,30)12-9-27)21(26-34-17-7-10-33-15-17)16-1-3-19(4-2-16)37(31,32)20-5-6-20/h1-4,13,17,20H,5-12,14-15H2,(H,24,25,28)/t17-/m1/s1. The molecule has 2 aromatic rings. The summed E-state index contributed by atoms with van der Waals surface area (Å²) in [6.07, 6.45) is 3.39. The molecule has 2 aliphatic heterocycles. The average Bonchev–Trinajstić information content (AvgIpc) is 3.45. The summed E-state index contributed by atoms with van der Waals surface area (Å²) < 4.78 is 53.7. The normalized spacial score (nSPS) is 22.6. The molecule has 0 spiro atoms. The van der Waals surface area contributed by atoms with Crippen LogP contribution in [0.15, 0.2) is 40.5 Å². The van der Waals surface area contributed by atoms with Gasteiger partial charge in [-0.25, -0.2) is 21.8 Å². The molecule has 1 amide bonds. The average molecular weight is 569 g/mol. The van der Waals surface area contributed by atoms with Crippen molar-refractivity contribution in [1.29, 1.82) is 0 Å². The van der Waals surface area contributed by atoms with Crippen LogP contribution in [0, 0.1) is 0 Å². The predicted octanol–water partition coefficient (Wildman–Crippen LogP) is 1.46. The Bertz CT molecular complexity index is 1360. The van der Waals surface area contributed by atoms with Crippen LogP contribution in [-0.2, 0) is 40.6 Å². The van der Waals surface area contributed by atoms with E-state index in [1.165, 1.54) is 23.5 Å². The number of oxime groups is 1. The van der Waals surface area contributed by atoms with Gasteiger partial charge in [0, 0.05) is 42.7 Å². The number of sulfone groups is 2. The van der Waals surface area contributed by atoms with Gasteiger partial charge in [0.15, 0.2) is 36.6 Å². The van der Waals surface area contributed by atoms with E-state index < -0.39 is 25.6 Å². The van der Waals surface area contributed by atoms with Gasteiger partial charge >= 0.3 is 0 Å². The summed E-state index contributed by atoms with van der Waals surface area (Å²) in [5.74, 6) is -0.258. The summed E-state index contributed by atoms with van der Waals surface area (Å²) in [5.41, 5.74) is 0.415. The summed E-state index contributed by atoms with van der Waals surface area (Å²) in [7, 11) is -6.31. The van der Waals surface area contributed by atoms with E-state index in [9.17, 15) is 21.6 Å². The fourth-order valence-corrected chi connectivity index (χ4v) is 7.83. The number of carbonyl (C=O) groups excluding carboxylic acids is 1. The molecule has 1 aromatic heterocycles. The zero-order chi connectivity index (χ0) is 26.0. The first-order valence-electron chi connectivity index (χ1n) is 12.0. The minimum absolute atomic E-state index is 0.000238. The van der Waals surface area contributed by atoms with Crippen LogP contribution in [0.5, 0.6) is 0 Å². The van der Waals surface area contributed by atoms with Gasteiger partial charge in [-0.3, -0.25) is 15.0 Å². The molecule has 37 heavy (non-hydrogen) atoms. The third-order valence-corrected chi connectivity index (χ3v) is 11.2. The van der Waals surface area contributed by atoms with Crippen molar-refractivity contribution in [1.82, 2.24) is 9.88 Å². The number of rotatable bonds is 9. The van der Waals surface area contributed by atoms with E-state index in [4.69, 9.17) is 9.57 Å². The van der Waals surface area contributed by atoms with Crippen LogP contribution >= 0.6 is 11.3 Å². The summed E-state index contributed by atoms with van der Waals surface area (Å²) in [5, 5.41) is 6.91. The molecule has 3 aliphatic rings. The van der Waals surface area contributed by atoms with Gasteiger partial charge in [0.25, 0.3) is 5.91 Å². The maximum Gasteiger partial charge on any atom is 0.280 e. The smallest absolute Gasteiger partial charge is 0.280 e. The number of anilines is 1. The van der Waals surface area contributed by atoms with Crippen molar-refractivity contribution in [2.24, 2.45) is 5.16 Å². The number of hydrogen-bond donors (Lipinski definition) is 1. The number of benzene rings is 1. The molecular weight excluding hydrogens is 540 g/mol. The zero-order valence-electron chi connectivity index (χ0n) is 20.0. The predicted molar refractivity (Wildman–Crippen MR) is 138 cm³/mol.